The van der Waals surface area contributed by atoms with E-state index in [0.29, 0.717) is 19.6 Å². The van der Waals surface area contributed by atoms with E-state index in [0.717, 1.165) is 55.2 Å². The average molecular weight is 451 g/mol. The molecule has 2 saturated heterocycles. The van der Waals surface area contributed by atoms with Gasteiger partial charge in [0, 0.05) is 19.1 Å². The van der Waals surface area contributed by atoms with Crippen LogP contribution in [0.2, 0.25) is 0 Å². The molecule has 3 aliphatic rings. The van der Waals surface area contributed by atoms with Crippen molar-refractivity contribution in [2.45, 2.75) is 63.1 Å². The lowest BCUT2D eigenvalue weighted by Crippen LogP contribution is -2.51. The molecule has 1 unspecified atom stereocenters. The topological polar surface area (TPSA) is 58.6 Å². The lowest BCUT2D eigenvalue weighted by atomic mass is 9.84. The minimum Gasteiger partial charge on any atom is -0.368 e. The number of nitrogens with one attached hydrogen (secondary N) is 1. The average Bonchev–Trinajstić information content (AvgIpc) is 3.44. The van der Waals surface area contributed by atoms with E-state index in [1.165, 1.54) is 12.1 Å². The number of nitrogens with zero attached hydrogens (tertiary/aromatic N) is 1. The van der Waals surface area contributed by atoms with Gasteiger partial charge in [-0.1, -0.05) is 42.8 Å². The Morgan fingerprint density at radius 3 is 2.48 bits per heavy atom. The van der Waals surface area contributed by atoms with Crippen LogP contribution < -0.4 is 5.32 Å². The van der Waals surface area contributed by atoms with Gasteiger partial charge in [-0.25, -0.2) is 4.39 Å². The van der Waals surface area contributed by atoms with Crippen LogP contribution in [0, 0.1) is 11.7 Å². The van der Waals surface area contributed by atoms with Gasteiger partial charge in [0.1, 0.15) is 11.9 Å². The summed E-state index contributed by atoms with van der Waals surface area (Å²) in [6.45, 7) is 1.30. The third-order valence-electron chi connectivity index (χ3n) is 7.36. The highest BCUT2D eigenvalue weighted by Gasteiger charge is 2.42. The molecular weight excluding hydrogens is 419 g/mol. The second-order valence-electron chi connectivity index (χ2n) is 9.55. The van der Waals surface area contributed by atoms with Gasteiger partial charge in [-0.05, 0) is 67.3 Å². The molecule has 33 heavy (non-hydrogen) atoms. The van der Waals surface area contributed by atoms with Gasteiger partial charge in [0.05, 0.1) is 12.1 Å². The Morgan fingerprint density at radius 1 is 1.00 bits per heavy atom. The summed E-state index contributed by atoms with van der Waals surface area (Å²) in [6, 6.07) is 14.5. The highest BCUT2D eigenvalue weighted by Crippen LogP contribution is 2.33. The molecule has 0 aromatic heterocycles. The quantitative estimate of drug-likeness (QED) is 0.721. The van der Waals surface area contributed by atoms with Gasteiger partial charge in [-0.15, -0.1) is 0 Å². The number of benzene rings is 2. The molecule has 0 spiro atoms. The van der Waals surface area contributed by atoms with E-state index in [2.05, 4.69) is 11.4 Å². The van der Waals surface area contributed by atoms with Crippen LogP contribution in [0.15, 0.2) is 48.5 Å². The predicted molar refractivity (Wildman–Crippen MR) is 124 cm³/mol. The molecule has 1 saturated carbocycles. The van der Waals surface area contributed by atoms with Crippen LogP contribution in [-0.2, 0) is 20.7 Å². The third-order valence-corrected chi connectivity index (χ3v) is 7.36. The largest absolute Gasteiger partial charge is 0.368 e. The van der Waals surface area contributed by atoms with Crippen LogP contribution in [0.4, 0.5) is 4.39 Å². The number of hydrogen-bond acceptors (Lipinski definition) is 3. The Morgan fingerprint density at radius 2 is 1.79 bits per heavy atom. The molecule has 1 N–H and O–H groups in total. The first-order valence-electron chi connectivity index (χ1n) is 12.2. The molecule has 2 amide bonds. The zero-order chi connectivity index (χ0) is 22.8. The van der Waals surface area contributed by atoms with E-state index in [4.69, 9.17) is 4.74 Å². The number of likely N-dealkylation sites (tertiary alicyclic amines) is 1. The molecule has 2 heterocycles. The summed E-state index contributed by atoms with van der Waals surface area (Å²) in [5, 5.41) is 3.20. The monoisotopic (exact) mass is 450 g/mol. The van der Waals surface area contributed by atoms with Gasteiger partial charge in [0.15, 0.2) is 0 Å². The molecule has 174 valence electrons. The number of amides is 2. The summed E-state index contributed by atoms with van der Waals surface area (Å²) in [5.74, 6) is 0.0250. The van der Waals surface area contributed by atoms with Crippen LogP contribution >= 0.6 is 0 Å². The first-order valence-corrected chi connectivity index (χ1v) is 12.2. The number of ether oxygens (including phenoxy) is 1. The molecule has 0 bridgehead atoms. The Labute approximate surface area is 194 Å². The number of carbonyl (C=O) groups is 2. The summed E-state index contributed by atoms with van der Waals surface area (Å²) < 4.78 is 19.3. The minimum atomic E-state index is -0.377. The number of hydrogen-bond donors (Lipinski definition) is 1. The summed E-state index contributed by atoms with van der Waals surface area (Å²) in [5.41, 5.74) is 2.85. The number of rotatable bonds is 6. The van der Waals surface area contributed by atoms with Crippen molar-refractivity contribution in [3.05, 3.63) is 59.9 Å². The smallest absolute Gasteiger partial charge is 0.249 e. The maximum atomic E-state index is 13.7. The van der Waals surface area contributed by atoms with E-state index in [1.54, 1.807) is 6.07 Å². The van der Waals surface area contributed by atoms with Crippen LogP contribution in [-0.4, -0.2) is 48.1 Å². The molecule has 0 radical (unpaired) electrons. The Balaban J connectivity index is 1.36. The normalized spacial score (nSPS) is 25.1. The van der Waals surface area contributed by atoms with Crippen molar-refractivity contribution in [3.63, 3.8) is 0 Å². The highest BCUT2D eigenvalue weighted by atomic mass is 19.1. The first kappa shape index (κ1) is 22.1. The first-order chi connectivity index (χ1) is 16.1. The van der Waals surface area contributed by atoms with Gasteiger partial charge in [-0.2, -0.15) is 0 Å². The van der Waals surface area contributed by atoms with Crippen LogP contribution in [0.25, 0.3) is 11.1 Å². The lowest BCUT2D eigenvalue weighted by molar-refractivity contribution is -0.140. The third kappa shape index (κ3) is 4.81. The van der Waals surface area contributed by atoms with Crippen molar-refractivity contribution in [1.29, 1.82) is 0 Å². The van der Waals surface area contributed by atoms with Crippen molar-refractivity contribution in [1.82, 2.24) is 10.2 Å². The van der Waals surface area contributed by atoms with E-state index in [1.807, 2.05) is 29.2 Å². The van der Waals surface area contributed by atoms with Crippen LogP contribution in [0.5, 0.6) is 0 Å². The van der Waals surface area contributed by atoms with Gasteiger partial charge in [-0.3, -0.25) is 9.59 Å². The SMILES string of the molecule is O=C(N[C@H]1CCN(C(=O)C2CCC2)[C@H]1Cc1cccc(-c2cccc(F)c2)c1)C1CCCO1. The fourth-order valence-corrected chi connectivity index (χ4v) is 5.29. The maximum Gasteiger partial charge on any atom is 0.249 e. The van der Waals surface area contributed by atoms with Gasteiger partial charge >= 0.3 is 0 Å². The zero-order valence-electron chi connectivity index (χ0n) is 18.8. The Kier molecular flexibility index (Phi) is 6.45. The zero-order valence-corrected chi connectivity index (χ0v) is 18.8. The minimum absolute atomic E-state index is 0.0612. The van der Waals surface area contributed by atoms with Crippen LogP contribution in [0.3, 0.4) is 0 Å². The fourth-order valence-electron chi connectivity index (χ4n) is 5.29. The number of halogens is 1. The second-order valence-corrected chi connectivity index (χ2v) is 9.55. The van der Waals surface area contributed by atoms with E-state index in [-0.39, 0.29) is 41.7 Å². The molecule has 1 aliphatic carbocycles. The number of carbonyl (C=O) groups excluding carboxylic acids is 2. The molecular formula is C27H31FN2O3. The second kappa shape index (κ2) is 9.64. The molecule has 3 fully saturated rings. The lowest BCUT2D eigenvalue weighted by Gasteiger charge is -2.34. The van der Waals surface area contributed by atoms with Crippen molar-refractivity contribution >= 4 is 11.8 Å². The van der Waals surface area contributed by atoms with Crippen molar-refractivity contribution in [2.24, 2.45) is 5.92 Å². The summed E-state index contributed by atoms with van der Waals surface area (Å²) in [7, 11) is 0. The van der Waals surface area contributed by atoms with Crippen molar-refractivity contribution in [2.75, 3.05) is 13.2 Å². The maximum absolute atomic E-state index is 13.7. The summed E-state index contributed by atoms with van der Waals surface area (Å²) in [4.78, 5) is 28.0. The molecule has 2 aromatic carbocycles. The predicted octanol–water partition coefficient (Wildman–Crippen LogP) is 4.10. The molecule has 2 aliphatic heterocycles. The van der Waals surface area contributed by atoms with Crippen LogP contribution in [0.1, 0.15) is 44.1 Å². The standard InChI is InChI=1S/C27H31FN2O3/c28-22-10-3-9-21(17-22)20-8-1-5-18(15-20)16-24-23(29-26(31)25-11-4-14-33-25)12-13-30(24)27(32)19-6-2-7-19/h1,3,5,8-10,15,17,19,23-25H,2,4,6-7,11-14,16H2,(H,29,31)/t23-,24-,25?/m0/s1. The Bertz CT molecular complexity index is 1020. The van der Waals surface area contributed by atoms with E-state index < -0.39 is 0 Å². The molecule has 5 rings (SSSR count). The fraction of sp³-hybridized carbons (Fsp3) is 0.481. The highest BCUT2D eigenvalue weighted by molar-refractivity contribution is 5.83. The molecule has 6 heteroatoms. The summed E-state index contributed by atoms with van der Waals surface area (Å²) in [6.07, 6.45) is 5.73. The van der Waals surface area contributed by atoms with Gasteiger partial charge < -0.3 is 15.0 Å². The Hall–Kier alpha value is -2.73. The molecule has 3 atom stereocenters. The van der Waals surface area contributed by atoms with Crippen molar-refractivity contribution in [3.8, 4) is 11.1 Å². The van der Waals surface area contributed by atoms with Crippen molar-refractivity contribution < 1.29 is 18.7 Å². The molecule has 2 aromatic rings. The van der Waals surface area contributed by atoms with E-state index >= 15 is 0 Å². The summed E-state index contributed by atoms with van der Waals surface area (Å²) >= 11 is 0. The van der Waals surface area contributed by atoms with E-state index in [9.17, 15) is 14.0 Å². The van der Waals surface area contributed by atoms with Gasteiger partial charge in [0.25, 0.3) is 0 Å². The van der Waals surface area contributed by atoms with Gasteiger partial charge in [0.2, 0.25) is 11.8 Å². The molecule has 5 nitrogen and oxygen atoms in total.